The number of rotatable bonds is 5. The second-order valence-electron chi connectivity index (χ2n) is 3.89. The van der Waals surface area contributed by atoms with Crippen molar-refractivity contribution in [2.75, 3.05) is 5.32 Å². The van der Waals surface area contributed by atoms with Gasteiger partial charge in [0.05, 0.1) is 4.92 Å². The first-order valence-electron chi connectivity index (χ1n) is 5.67. The van der Waals surface area contributed by atoms with Crippen molar-refractivity contribution in [1.29, 1.82) is 0 Å². The predicted octanol–water partition coefficient (Wildman–Crippen LogP) is 4.88. The highest BCUT2D eigenvalue weighted by Crippen LogP contribution is 2.40. The van der Waals surface area contributed by atoms with Gasteiger partial charge in [0.25, 0.3) is 0 Å². The fourth-order valence-electron chi connectivity index (χ4n) is 1.57. The van der Waals surface area contributed by atoms with Crippen LogP contribution in [0.2, 0.25) is 0 Å². The Hall–Kier alpha value is -1.74. The van der Waals surface area contributed by atoms with Crippen molar-refractivity contribution in [3.63, 3.8) is 0 Å². The van der Waals surface area contributed by atoms with E-state index < -0.39 is 10.4 Å². The Balaban J connectivity index is 2.07. The van der Waals surface area contributed by atoms with Gasteiger partial charge in [-0.1, -0.05) is 23.5 Å². The van der Waals surface area contributed by atoms with Crippen LogP contribution in [-0.4, -0.2) is 10.4 Å². The number of nitro groups is 1. The topological polar surface area (TPSA) is 55.2 Å². The number of anilines is 1. The second-order valence-corrected chi connectivity index (χ2v) is 6.15. The number of hydrogen-bond acceptors (Lipinski definition) is 5. The zero-order chi connectivity index (χ0) is 15.5. The number of thiophene rings is 1. The van der Waals surface area contributed by atoms with E-state index in [9.17, 15) is 23.3 Å². The van der Waals surface area contributed by atoms with Gasteiger partial charge in [0.15, 0.2) is 0 Å². The Kier molecular flexibility index (Phi) is 4.73. The molecule has 1 N–H and O–H groups in total. The van der Waals surface area contributed by atoms with Crippen LogP contribution in [0.25, 0.3) is 0 Å². The van der Waals surface area contributed by atoms with E-state index in [1.165, 1.54) is 24.3 Å². The molecule has 0 amide bonds. The first kappa shape index (κ1) is 15.6. The average molecular weight is 334 g/mol. The van der Waals surface area contributed by atoms with Crippen LogP contribution in [0.1, 0.15) is 4.88 Å². The van der Waals surface area contributed by atoms with Gasteiger partial charge in [-0.05, 0) is 30.0 Å². The van der Waals surface area contributed by atoms with E-state index in [2.05, 4.69) is 5.32 Å². The van der Waals surface area contributed by atoms with E-state index in [0.717, 1.165) is 11.3 Å². The first-order valence-corrected chi connectivity index (χ1v) is 7.30. The molecule has 21 heavy (non-hydrogen) atoms. The molecule has 0 fully saturated rings. The van der Waals surface area contributed by atoms with Crippen molar-refractivity contribution in [2.45, 2.75) is 16.9 Å². The zero-order valence-electron chi connectivity index (χ0n) is 10.4. The van der Waals surface area contributed by atoms with Crippen molar-refractivity contribution >= 4 is 33.8 Å². The van der Waals surface area contributed by atoms with Crippen molar-refractivity contribution in [3.05, 3.63) is 51.4 Å². The van der Waals surface area contributed by atoms with Crippen molar-refractivity contribution in [3.8, 4) is 0 Å². The van der Waals surface area contributed by atoms with Gasteiger partial charge in [0.1, 0.15) is 0 Å². The molecule has 1 heterocycles. The molecule has 1 aromatic heterocycles. The van der Waals surface area contributed by atoms with Crippen LogP contribution < -0.4 is 5.32 Å². The van der Waals surface area contributed by atoms with Crippen LogP contribution >= 0.6 is 23.1 Å². The van der Waals surface area contributed by atoms with E-state index in [1.807, 2.05) is 0 Å². The molecular formula is C12H9F3N2O2S2. The lowest BCUT2D eigenvalue weighted by atomic mass is 10.3. The zero-order valence-corrected chi connectivity index (χ0v) is 12.0. The summed E-state index contributed by atoms with van der Waals surface area (Å²) in [6, 6.07) is 9.01. The third-order valence-electron chi connectivity index (χ3n) is 2.39. The molecule has 0 aliphatic heterocycles. The quantitative estimate of drug-likeness (QED) is 0.481. The molecule has 0 atom stereocenters. The molecule has 0 unspecified atom stereocenters. The maximum atomic E-state index is 12.4. The summed E-state index contributed by atoms with van der Waals surface area (Å²) in [5, 5.41) is 13.4. The third kappa shape index (κ3) is 4.64. The molecule has 2 aromatic rings. The maximum Gasteiger partial charge on any atom is 0.446 e. The summed E-state index contributed by atoms with van der Waals surface area (Å²) in [6.07, 6.45) is 0. The highest BCUT2D eigenvalue weighted by Gasteiger charge is 2.30. The molecule has 0 spiro atoms. The third-order valence-corrected chi connectivity index (χ3v) is 4.24. The van der Waals surface area contributed by atoms with Gasteiger partial charge < -0.3 is 5.32 Å². The fourth-order valence-corrected chi connectivity index (χ4v) is 2.97. The molecule has 0 radical (unpaired) electrons. The normalized spacial score (nSPS) is 11.4. The Morgan fingerprint density at radius 3 is 2.57 bits per heavy atom. The summed E-state index contributed by atoms with van der Waals surface area (Å²) in [7, 11) is 0. The predicted molar refractivity (Wildman–Crippen MR) is 76.7 cm³/mol. The van der Waals surface area contributed by atoms with Crippen molar-refractivity contribution < 1.29 is 18.1 Å². The van der Waals surface area contributed by atoms with Gasteiger partial charge in [0, 0.05) is 28.1 Å². The summed E-state index contributed by atoms with van der Waals surface area (Å²) < 4.78 is 37.3. The van der Waals surface area contributed by atoms with Crippen LogP contribution in [0.3, 0.4) is 0 Å². The monoisotopic (exact) mass is 334 g/mol. The minimum Gasteiger partial charge on any atom is -0.379 e. The minimum absolute atomic E-state index is 0.00440. The van der Waals surface area contributed by atoms with Gasteiger partial charge in [-0.3, -0.25) is 10.1 Å². The lowest BCUT2D eigenvalue weighted by molar-refractivity contribution is -0.380. The number of nitrogens with zero attached hydrogens (tertiary/aromatic N) is 1. The summed E-state index contributed by atoms with van der Waals surface area (Å²) >= 11 is 0.794. The summed E-state index contributed by atoms with van der Waals surface area (Å²) in [4.78, 5) is 10.8. The van der Waals surface area contributed by atoms with Crippen LogP contribution in [0.15, 0.2) is 41.3 Å². The van der Waals surface area contributed by atoms with Gasteiger partial charge in [-0.15, -0.1) is 0 Å². The highest BCUT2D eigenvalue weighted by molar-refractivity contribution is 8.00. The summed E-state index contributed by atoms with van der Waals surface area (Å²) in [6.45, 7) is 0.230. The van der Waals surface area contributed by atoms with Crippen molar-refractivity contribution in [2.24, 2.45) is 0 Å². The molecule has 0 saturated carbocycles. The highest BCUT2D eigenvalue weighted by atomic mass is 32.2. The molecule has 1 aromatic carbocycles. The lowest BCUT2D eigenvalue weighted by Gasteiger charge is -2.12. The van der Waals surface area contributed by atoms with Crippen LogP contribution in [-0.2, 0) is 6.54 Å². The number of hydrogen-bond donors (Lipinski definition) is 1. The number of nitrogens with one attached hydrogen (secondary N) is 1. The molecule has 2 rings (SSSR count). The molecule has 112 valence electrons. The number of alkyl halides is 3. The van der Waals surface area contributed by atoms with Gasteiger partial charge in [0.2, 0.25) is 0 Å². The van der Waals surface area contributed by atoms with E-state index in [-0.39, 0.29) is 28.2 Å². The summed E-state index contributed by atoms with van der Waals surface area (Å²) in [5.74, 6) is 0. The number of halogens is 3. The Morgan fingerprint density at radius 2 is 1.95 bits per heavy atom. The standard InChI is InChI=1S/C12H9F3N2O2S2/c13-12(14,15)21-10-4-2-1-3-9(10)16-7-8-5-6-11(20-8)17(18)19/h1-6,16H,7H2. The number of para-hydroxylation sites is 1. The van der Waals surface area contributed by atoms with Crippen LogP contribution in [0.5, 0.6) is 0 Å². The average Bonchev–Trinajstić information content (AvgIpc) is 2.85. The van der Waals surface area contributed by atoms with E-state index in [4.69, 9.17) is 0 Å². The minimum atomic E-state index is -4.36. The molecular weight excluding hydrogens is 325 g/mol. The fraction of sp³-hybridized carbons (Fsp3) is 0.167. The van der Waals surface area contributed by atoms with Crippen molar-refractivity contribution in [1.82, 2.24) is 0 Å². The molecule has 4 nitrogen and oxygen atoms in total. The van der Waals surface area contributed by atoms with Gasteiger partial charge in [-0.25, -0.2) is 0 Å². The van der Waals surface area contributed by atoms with Gasteiger partial charge in [-0.2, -0.15) is 13.2 Å². The van der Waals surface area contributed by atoms with Crippen LogP contribution in [0.4, 0.5) is 23.9 Å². The number of thioether (sulfide) groups is 1. The van der Waals surface area contributed by atoms with Crippen LogP contribution in [0, 0.1) is 10.1 Å². The lowest BCUT2D eigenvalue weighted by Crippen LogP contribution is -2.03. The molecule has 0 bridgehead atoms. The van der Waals surface area contributed by atoms with E-state index in [0.29, 0.717) is 10.6 Å². The second kappa shape index (κ2) is 6.35. The Bertz CT molecular complexity index is 643. The van der Waals surface area contributed by atoms with E-state index >= 15 is 0 Å². The Labute approximate surface area is 126 Å². The maximum absolute atomic E-state index is 12.4. The summed E-state index contributed by atoms with van der Waals surface area (Å²) in [5.41, 5.74) is -4.02. The molecule has 0 aliphatic rings. The largest absolute Gasteiger partial charge is 0.446 e. The van der Waals surface area contributed by atoms with E-state index in [1.54, 1.807) is 12.1 Å². The number of benzene rings is 1. The molecule has 9 heteroatoms. The molecule has 0 aliphatic carbocycles. The molecule has 0 saturated heterocycles. The smallest absolute Gasteiger partial charge is 0.379 e. The first-order chi connectivity index (χ1) is 9.85. The van der Waals surface area contributed by atoms with Gasteiger partial charge >= 0.3 is 10.5 Å². The SMILES string of the molecule is O=[N+]([O-])c1ccc(CNc2ccccc2SC(F)(F)F)s1. The Morgan fingerprint density at radius 1 is 1.24 bits per heavy atom.